The van der Waals surface area contributed by atoms with Crippen molar-refractivity contribution in [3.63, 3.8) is 0 Å². The predicted octanol–water partition coefficient (Wildman–Crippen LogP) is 2.02. The van der Waals surface area contributed by atoms with Crippen molar-refractivity contribution < 1.29 is 5.11 Å². The maximum Gasteiger partial charge on any atom is 0.0774 e. The summed E-state index contributed by atoms with van der Waals surface area (Å²) in [5.41, 5.74) is -0.392. The molecular weight excluding hydrogens is 162 g/mol. The van der Waals surface area contributed by atoms with Crippen molar-refractivity contribution in [2.24, 2.45) is 0 Å². The minimum absolute atomic E-state index is 0.392. The normalized spacial score (nSPS) is 22.6. The van der Waals surface area contributed by atoms with E-state index in [2.05, 4.69) is 25.8 Å². The number of rotatable bonds is 3. The van der Waals surface area contributed by atoms with Gasteiger partial charge in [-0.2, -0.15) is 0 Å². The average molecular weight is 185 g/mol. The van der Waals surface area contributed by atoms with Crippen LogP contribution >= 0.6 is 0 Å². The van der Waals surface area contributed by atoms with Crippen LogP contribution in [0.2, 0.25) is 0 Å². The van der Waals surface area contributed by atoms with Gasteiger partial charge >= 0.3 is 0 Å². The van der Waals surface area contributed by atoms with E-state index < -0.39 is 5.60 Å². The molecule has 0 saturated heterocycles. The van der Waals surface area contributed by atoms with Gasteiger partial charge < -0.3 is 10.0 Å². The van der Waals surface area contributed by atoms with E-state index >= 15 is 0 Å². The molecule has 0 aromatic rings. The standard InChI is InChI=1S/C11H23NO/c1-10(2)12(3)9-11(13)7-5-4-6-8-11/h10,13H,4-9H2,1-3H3. The third-order valence-corrected chi connectivity index (χ3v) is 3.21. The van der Waals surface area contributed by atoms with Gasteiger partial charge in [0.15, 0.2) is 0 Å². The van der Waals surface area contributed by atoms with Gasteiger partial charge in [0.05, 0.1) is 5.60 Å². The Morgan fingerprint density at radius 2 is 1.77 bits per heavy atom. The fraction of sp³-hybridized carbons (Fsp3) is 1.00. The fourth-order valence-electron chi connectivity index (χ4n) is 2.01. The van der Waals surface area contributed by atoms with Gasteiger partial charge in [-0.3, -0.25) is 0 Å². The SMILES string of the molecule is CC(C)N(C)CC1(O)CCCCC1. The summed E-state index contributed by atoms with van der Waals surface area (Å²) in [5.74, 6) is 0. The molecule has 0 radical (unpaired) electrons. The molecule has 0 spiro atoms. The smallest absolute Gasteiger partial charge is 0.0774 e. The Hall–Kier alpha value is -0.0800. The Morgan fingerprint density at radius 3 is 2.23 bits per heavy atom. The molecule has 1 N–H and O–H groups in total. The van der Waals surface area contributed by atoms with E-state index in [1.54, 1.807) is 0 Å². The largest absolute Gasteiger partial charge is 0.389 e. The van der Waals surface area contributed by atoms with Gasteiger partial charge in [0.2, 0.25) is 0 Å². The summed E-state index contributed by atoms with van der Waals surface area (Å²) in [7, 11) is 2.09. The van der Waals surface area contributed by atoms with Crippen molar-refractivity contribution in [1.29, 1.82) is 0 Å². The monoisotopic (exact) mass is 185 g/mol. The summed E-state index contributed by atoms with van der Waals surface area (Å²) < 4.78 is 0. The molecule has 0 aromatic carbocycles. The molecule has 0 amide bonds. The number of hydrogen-bond acceptors (Lipinski definition) is 2. The quantitative estimate of drug-likeness (QED) is 0.727. The summed E-state index contributed by atoms with van der Waals surface area (Å²) in [6.07, 6.45) is 5.67. The molecule has 1 fully saturated rings. The number of hydrogen-bond donors (Lipinski definition) is 1. The van der Waals surface area contributed by atoms with Crippen LogP contribution in [-0.2, 0) is 0 Å². The van der Waals surface area contributed by atoms with Crippen LogP contribution in [0.25, 0.3) is 0 Å². The Balaban J connectivity index is 2.40. The van der Waals surface area contributed by atoms with E-state index in [1.165, 1.54) is 19.3 Å². The average Bonchev–Trinajstić information content (AvgIpc) is 2.04. The maximum atomic E-state index is 10.2. The van der Waals surface area contributed by atoms with Crippen molar-refractivity contribution in [2.45, 2.75) is 57.6 Å². The molecule has 2 heteroatoms. The van der Waals surface area contributed by atoms with Crippen LogP contribution in [0.5, 0.6) is 0 Å². The highest BCUT2D eigenvalue weighted by atomic mass is 16.3. The molecule has 13 heavy (non-hydrogen) atoms. The molecule has 0 aliphatic heterocycles. The summed E-state index contributed by atoms with van der Waals surface area (Å²) in [4.78, 5) is 2.24. The molecule has 0 unspecified atom stereocenters. The Bertz CT molecular complexity index is 150. The lowest BCUT2D eigenvalue weighted by atomic mass is 9.84. The van der Waals surface area contributed by atoms with Gasteiger partial charge in [0.1, 0.15) is 0 Å². The third-order valence-electron chi connectivity index (χ3n) is 3.21. The van der Waals surface area contributed by atoms with Gasteiger partial charge in [-0.25, -0.2) is 0 Å². The lowest BCUT2D eigenvalue weighted by Gasteiger charge is -2.37. The van der Waals surface area contributed by atoms with Gasteiger partial charge in [-0.05, 0) is 33.7 Å². The van der Waals surface area contributed by atoms with E-state index in [9.17, 15) is 5.11 Å². The minimum Gasteiger partial charge on any atom is -0.389 e. The van der Waals surface area contributed by atoms with Crippen LogP contribution in [0.1, 0.15) is 46.0 Å². The molecule has 0 aromatic heterocycles. The molecule has 0 atom stereocenters. The summed E-state index contributed by atoms with van der Waals surface area (Å²) >= 11 is 0. The Kier molecular flexibility index (Phi) is 3.74. The van der Waals surface area contributed by atoms with E-state index in [1.807, 2.05) is 0 Å². The summed E-state index contributed by atoms with van der Waals surface area (Å²) in [5, 5.41) is 10.2. The Morgan fingerprint density at radius 1 is 1.23 bits per heavy atom. The van der Waals surface area contributed by atoms with Crippen LogP contribution in [0.3, 0.4) is 0 Å². The molecule has 1 aliphatic rings. The van der Waals surface area contributed by atoms with E-state index in [0.29, 0.717) is 6.04 Å². The third kappa shape index (κ3) is 3.28. The van der Waals surface area contributed by atoms with Crippen LogP contribution < -0.4 is 0 Å². The van der Waals surface area contributed by atoms with Crippen molar-refractivity contribution in [1.82, 2.24) is 4.90 Å². The molecule has 1 saturated carbocycles. The topological polar surface area (TPSA) is 23.5 Å². The first-order valence-electron chi connectivity index (χ1n) is 5.46. The highest BCUT2D eigenvalue weighted by molar-refractivity contribution is 4.85. The second-order valence-corrected chi connectivity index (χ2v) is 4.79. The zero-order valence-corrected chi connectivity index (χ0v) is 9.21. The van der Waals surface area contributed by atoms with Crippen LogP contribution in [0.15, 0.2) is 0 Å². The van der Waals surface area contributed by atoms with E-state index in [4.69, 9.17) is 0 Å². The Labute approximate surface area is 81.9 Å². The van der Waals surface area contributed by atoms with Crippen molar-refractivity contribution in [3.8, 4) is 0 Å². The first-order chi connectivity index (χ1) is 6.03. The van der Waals surface area contributed by atoms with Crippen LogP contribution in [-0.4, -0.2) is 35.2 Å². The molecule has 1 aliphatic carbocycles. The number of likely N-dealkylation sites (N-methyl/N-ethyl adjacent to an activating group) is 1. The van der Waals surface area contributed by atoms with Crippen LogP contribution in [0.4, 0.5) is 0 Å². The van der Waals surface area contributed by atoms with Gasteiger partial charge in [0.25, 0.3) is 0 Å². The molecule has 0 heterocycles. The maximum absolute atomic E-state index is 10.2. The second-order valence-electron chi connectivity index (χ2n) is 4.79. The summed E-state index contributed by atoms with van der Waals surface area (Å²) in [6, 6.07) is 0.533. The first-order valence-corrected chi connectivity index (χ1v) is 5.46. The van der Waals surface area contributed by atoms with Crippen LogP contribution in [0, 0.1) is 0 Å². The highest BCUT2D eigenvalue weighted by Crippen LogP contribution is 2.28. The van der Waals surface area contributed by atoms with Gasteiger partial charge in [0, 0.05) is 12.6 Å². The highest BCUT2D eigenvalue weighted by Gasteiger charge is 2.30. The fourth-order valence-corrected chi connectivity index (χ4v) is 2.01. The number of nitrogens with zero attached hydrogens (tertiary/aromatic N) is 1. The zero-order valence-electron chi connectivity index (χ0n) is 9.21. The predicted molar refractivity (Wildman–Crippen MR) is 55.8 cm³/mol. The molecule has 2 nitrogen and oxygen atoms in total. The molecule has 1 rings (SSSR count). The molecule has 0 bridgehead atoms. The van der Waals surface area contributed by atoms with E-state index in [-0.39, 0.29) is 0 Å². The second kappa shape index (κ2) is 4.43. The van der Waals surface area contributed by atoms with Gasteiger partial charge in [-0.1, -0.05) is 19.3 Å². The van der Waals surface area contributed by atoms with Crippen molar-refractivity contribution in [2.75, 3.05) is 13.6 Å². The minimum atomic E-state index is -0.392. The lowest BCUT2D eigenvalue weighted by molar-refractivity contribution is -0.0264. The molecule has 78 valence electrons. The van der Waals surface area contributed by atoms with Crippen molar-refractivity contribution >= 4 is 0 Å². The first kappa shape index (κ1) is 11.0. The lowest BCUT2D eigenvalue weighted by Crippen LogP contribution is -2.45. The number of aliphatic hydroxyl groups is 1. The summed E-state index contributed by atoms with van der Waals surface area (Å²) in [6.45, 7) is 5.18. The van der Waals surface area contributed by atoms with E-state index in [0.717, 1.165) is 19.4 Å². The zero-order chi connectivity index (χ0) is 9.90. The molecular formula is C11H23NO. The van der Waals surface area contributed by atoms with Crippen molar-refractivity contribution in [3.05, 3.63) is 0 Å². The van der Waals surface area contributed by atoms with Gasteiger partial charge in [-0.15, -0.1) is 0 Å².